The summed E-state index contributed by atoms with van der Waals surface area (Å²) < 4.78 is 11.1. The third kappa shape index (κ3) is 4.19. The van der Waals surface area contributed by atoms with Gasteiger partial charge in [-0.25, -0.2) is 4.79 Å². The molecule has 0 spiro atoms. The van der Waals surface area contributed by atoms with E-state index in [-0.39, 0.29) is 13.2 Å². The molecule has 0 unspecified atom stereocenters. The highest BCUT2D eigenvalue weighted by molar-refractivity contribution is 5.82. The molecule has 0 atom stereocenters. The molecule has 26 heavy (non-hydrogen) atoms. The lowest BCUT2D eigenvalue weighted by atomic mass is 9.97. The van der Waals surface area contributed by atoms with Crippen molar-refractivity contribution in [2.24, 2.45) is 0 Å². The lowest BCUT2D eigenvalue weighted by Crippen LogP contribution is -2.11. The standard InChI is InChI=1S/C23H20O3/c1-2-22(24)25-16-17-26-23-20(18-10-5-3-6-11-18)14-9-15-21(23)19-12-7-4-8-13-19/h2-15H,1,16-17H2. The Morgan fingerprint density at radius 1 is 0.769 bits per heavy atom. The predicted molar refractivity (Wildman–Crippen MR) is 104 cm³/mol. The fourth-order valence-electron chi connectivity index (χ4n) is 2.73. The van der Waals surface area contributed by atoms with E-state index in [4.69, 9.17) is 9.47 Å². The first kappa shape index (κ1) is 17.5. The highest BCUT2D eigenvalue weighted by atomic mass is 16.6. The molecule has 3 heteroatoms. The SMILES string of the molecule is C=CC(=O)OCCOc1c(-c2ccccc2)cccc1-c1ccccc1. The van der Waals surface area contributed by atoms with Crippen LogP contribution in [0.4, 0.5) is 0 Å². The minimum absolute atomic E-state index is 0.169. The van der Waals surface area contributed by atoms with Crippen LogP contribution in [0.25, 0.3) is 22.3 Å². The molecule has 3 nitrogen and oxygen atoms in total. The highest BCUT2D eigenvalue weighted by Gasteiger charge is 2.13. The van der Waals surface area contributed by atoms with Crippen molar-refractivity contribution in [1.29, 1.82) is 0 Å². The summed E-state index contributed by atoms with van der Waals surface area (Å²) in [5, 5.41) is 0. The summed E-state index contributed by atoms with van der Waals surface area (Å²) in [5.74, 6) is 0.327. The Balaban J connectivity index is 1.94. The second kappa shape index (κ2) is 8.67. The first-order valence-electron chi connectivity index (χ1n) is 8.45. The molecule has 130 valence electrons. The normalized spacial score (nSPS) is 10.2. The Labute approximate surface area is 153 Å². The molecule has 0 saturated heterocycles. The van der Waals surface area contributed by atoms with Gasteiger partial charge in [-0.15, -0.1) is 0 Å². The van der Waals surface area contributed by atoms with E-state index in [0.29, 0.717) is 0 Å². The molecular formula is C23H20O3. The highest BCUT2D eigenvalue weighted by Crippen LogP contribution is 2.38. The van der Waals surface area contributed by atoms with Gasteiger partial charge in [-0.2, -0.15) is 0 Å². The molecule has 0 amide bonds. The maximum absolute atomic E-state index is 11.2. The number of esters is 1. The van der Waals surface area contributed by atoms with Gasteiger partial charge in [-0.1, -0.05) is 85.4 Å². The molecule has 3 aromatic rings. The van der Waals surface area contributed by atoms with Crippen LogP contribution in [0.1, 0.15) is 0 Å². The van der Waals surface area contributed by atoms with Gasteiger partial charge in [0, 0.05) is 17.2 Å². The zero-order valence-electron chi connectivity index (χ0n) is 14.4. The van der Waals surface area contributed by atoms with Crippen molar-refractivity contribution in [3.8, 4) is 28.0 Å². The summed E-state index contributed by atoms with van der Waals surface area (Å²) in [7, 11) is 0. The van der Waals surface area contributed by atoms with Gasteiger partial charge in [-0.05, 0) is 11.1 Å². The number of hydrogen-bond donors (Lipinski definition) is 0. The Kier molecular flexibility index (Phi) is 5.84. The van der Waals surface area contributed by atoms with E-state index in [1.807, 2.05) is 54.6 Å². The number of carbonyl (C=O) groups is 1. The van der Waals surface area contributed by atoms with E-state index in [1.165, 1.54) is 0 Å². The van der Waals surface area contributed by atoms with Crippen LogP contribution in [0.5, 0.6) is 5.75 Å². The Morgan fingerprint density at radius 2 is 1.31 bits per heavy atom. The third-order valence-corrected chi connectivity index (χ3v) is 3.93. The number of ether oxygens (including phenoxy) is 2. The summed E-state index contributed by atoms with van der Waals surface area (Å²) in [6.45, 7) is 3.83. The van der Waals surface area contributed by atoms with Gasteiger partial charge in [0.1, 0.15) is 19.0 Å². The maximum atomic E-state index is 11.2. The molecule has 0 aliphatic carbocycles. The summed E-state index contributed by atoms with van der Waals surface area (Å²) in [6.07, 6.45) is 1.15. The summed E-state index contributed by atoms with van der Waals surface area (Å²) >= 11 is 0. The van der Waals surface area contributed by atoms with Gasteiger partial charge in [0.05, 0.1) is 0 Å². The smallest absolute Gasteiger partial charge is 0.330 e. The number of para-hydroxylation sites is 1. The van der Waals surface area contributed by atoms with Crippen molar-refractivity contribution >= 4 is 5.97 Å². The van der Waals surface area contributed by atoms with Gasteiger partial charge in [-0.3, -0.25) is 0 Å². The molecular weight excluding hydrogens is 324 g/mol. The third-order valence-electron chi connectivity index (χ3n) is 3.93. The van der Waals surface area contributed by atoms with Gasteiger partial charge in [0.2, 0.25) is 0 Å². The minimum atomic E-state index is -0.451. The summed E-state index contributed by atoms with van der Waals surface area (Å²) in [6, 6.07) is 26.3. The first-order chi connectivity index (χ1) is 12.8. The molecule has 0 aliphatic heterocycles. The zero-order valence-corrected chi connectivity index (χ0v) is 14.4. The number of hydrogen-bond acceptors (Lipinski definition) is 3. The van der Waals surface area contributed by atoms with Crippen LogP contribution in [-0.2, 0) is 9.53 Å². The second-order valence-electron chi connectivity index (χ2n) is 5.63. The van der Waals surface area contributed by atoms with Crippen LogP contribution in [0.15, 0.2) is 91.5 Å². The Bertz CT molecular complexity index is 813. The summed E-state index contributed by atoms with van der Waals surface area (Å²) in [4.78, 5) is 11.2. The van der Waals surface area contributed by atoms with Crippen LogP contribution in [0, 0.1) is 0 Å². The summed E-state index contributed by atoms with van der Waals surface area (Å²) in [5.41, 5.74) is 4.15. The van der Waals surface area contributed by atoms with E-state index < -0.39 is 5.97 Å². The molecule has 0 bridgehead atoms. The fraction of sp³-hybridized carbons (Fsp3) is 0.0870. The van der Waals surface area contributed by atoms with Crippen LogP contribution in [0.2, 0.25) is 0 Å². The van der Waals surface area contributed by atoms with Crippen molar-refractivity contribution in [1.82, 2.24) is 0 Å². The number of carbonyl (C=O) groups excluding carboxylic acids is 1. The average Bonchev–Trinajstić information content (AvgIpc) is 2.72. The molecule has 0 N–H and O–H groups in total. The van der Waals surface area contributed by atoms with E-state index in [9.17, 15) is 4.79 Å². The van der Waals surface area contributed by atoms with Gasteiger partial charge < -0.3 is 9.47 Å². The van der Waals surface area contributed by atoms with Crippen molar-refractivity contribution in [3.05, 3.63) is 91.5 Å². The lowest BCUT2D eigenvalue weighted by Gasteiger charge is -2.16. The van der Waals surface area contributed by atoms with Crippen LogP contribution in [-0.4, -0.2) is 19.2 Å². The minimum Gasteiger partial charge on any atom is -0.489 e. The van der Waals surface area contributed by atoms with Crippen molar-refractivity contribution in [2.45, 2.75) is 0 Å². The van der Waals surface area contributed by atoms with Gasteiger partial charge in [0.25, 0.3) is 0 Å². The molecule has 3 aromatic carbocycles. The quantitative estimate of drug-likeness (QED) is 0.339. The van der Waals surface area contributed by atoms with E-state index in [0.717, 1.165) is 34.1 Å². The topological polar surface area (TPSA) is 35.5 Å². The monoisotopic (exact) mass is 344 g/mol. The maximum Gasteiger partial charge on any atom is 0.330 e. The number of rotatable bonds is 7. The van der Waals surface area contributed by atoms with Crippen molar-refractivity contribution < 1.29 is 14.3 Å². The molecule has 3 rings (SSSR count). The molecule has 0 radical (unpaired) electrons. The van der Waals surface area contributed by atoms with E-state index in [1.54, 1.807) is 0 Å². The second-order valence-corrected chi connectivity index (χ2v) is 5.63. The molecule has 0 aliphatic rings. The van der Waals surface area contributed by atoms with Crippen LogP contribution >= 0.6 is 0 Å². The average molecular weight is 344 g/mol. The molecule has 0 fully saturated rings. The predicted octanol–water partition coefficient (Wildman–Crippen LogP) is 5.13. The first-order valence-corrected chi connectivity index (χ1v) is 8.45. The van der Waals surface area contributed by atoms with Crippen LogP contribution in [0.3, 0.4) is 0 Å². The van der Waals surface area contributed by atoms with E-state index >= 15 is 0 Å². The largest absolute Gasteiger partial charge is 0.489 e. The zero-order chi connectivity index (χ0) is 18.2. The molecule has 0 heterocycles. The van der Waals surface area contributed by atoms with Gasteiger partial charge in [0.15, 0.2) is 0 Å². The number of benzene rings is 3. The fourth-order valence-corrected chi connectivity index (χ4v) is 2.73. The Morgan fingerprint density at radius 3 is 1.81 bits per heavy atom. The van der Waals surface area contributed by atoms with Crippen LogP contribution < -0.4 is 4.74 Å². The lowest BCUT2D eigenvalue weighted by molar-refractivity contribution is -0.138. The van der Waals surface area contributed by atoms with Crippen molar-refractivity contribution in [2.75, 3.05) is 13.2 Å². The van der Waals surface area contributed by atoms with E-state index in [2.05, 4.69) is 30.8 Å². The van der Waals surface area contributed by atoms with Crippen molar-refractivity contribution in [3.63, 3.8) is 0 Å². The molecule has 0 saturated carbocycles. The molecule has 0 aromatic heterocycles. The van der Waals surface area contributed by atoms with Gasteiger partial charge >= 0.3 is 5.97 Å². The Hall–Kier alpha value is -3.33.